The number of anilines is 1. The van der Waals surface area contributed by atoms with E-state index in [4.69, 9.17) is 4.74 Å². The molecule has 2 aliphatic heterocycles. The number of hydrogen-bond donors (Lipinski definition) is 1. The summed E-state index contributed by atoms with van der Waals surface area (Å²) in [5, 5.41) is 14.0. The van der Waals surface area contributed by atoms with E-state index >= 15 is 0 Å². The van der Waals surface area contributed by atoms with E-state index < -0.39 is 10.6 Å². The Bertz CT molecular complexity index is 903. The number of urea groups is 1. The molecule has 0 aliphatic carbocycles. The highest BCUT2D eigenvalue weighted by molar-refractivity contribution is 9.10. The third-order valence-electron chi connectivity index (χ3n) is 4.56. The van der Waals surface area contributed by atoms with Gasteiger partial charge in [-0.05, 0) is 41.1 Å². The summed E-state index contributed by atoms with van der Waals surface area (Å²) in [6, 6.07) is 11.2. The maximum absolute atomic E-state index is 12.8. The van der Waals surface area contributed by atoms with E-state index in [1.165, 1.54) is 12.1 Å². The zero-order valence-corrected chi connectivity index (χ0v) is 14.8. The SMILES string of the molecule is CC12CC(NC(=O)N1c1ccccc1Br)c1cc([N+](=O)[O-])ccc1O2. The molecule has 8 heteroatoms. The van der Waals surface area contributed by atoms with Crippen LogP contribution in [0.3, 0.4) is 0 Å². The molecule has 1 fully saturated rings. The smallest absolute Gasteiger partial charge is 0.325 e. The van der Waals surface area contributed by atoms with Crippen molar-refractivity contribution in [3.05, 3.63) is 62.6 Å². The minimum atomic E-state index is -0.889. The molecule has 1 saturated heterocycles. The van der Waals surface area contributed by atoms with Gasteiger partial charge in [0.25, 0.3) is 5.69 Å². The van der Waals surface area contributed by atoms with Gasteiger partial charge in [0.05, 0.1) is 16.7 Å². The fourth-order valence-electron chi connectivity index (χ4n) is 3.47. The van der Waals surface area contributed by atoms with Crippen LogP contribution in [0.15, 0.2) is 46.9 Å². The van der Waals surface area contributed by atoms with Gasteiger partial charge in [-0.1, -0.05) is 12.1 Å². The van der Waals surface area contributed by atoms with Gasteiger partial charge in [-0.3, -0.25) is 15.0 Å². The minimum Gasteiger partial charge on any atom is -0.467 e. The molecule has 0 aromatic heterocycles. The van der Waals surface area contributed by atoms with Crippen molar-refractivity contribution < 1.29 is 14.5 Å². The van der Waals surface area contributed by atoms with Crippen LogP contribution in [-0.2, 0) is 0 Å². The number of hydrogen-bond acceptors (Lipinski definition) is 4. The first-order valence-electron chi connectivity index (χ1n) is 7.72. The Labute approximate surface area is 151 Å². The standard InChI is InChI=1S/C17H14BrN3O4/c1-17-9-13(11-8-10(21(23)24)6-7-15(11)25-17)19-16(22)20(17)14-5-3-2-4-12(14)18/h2-8,13H,9H2,1H3,(H,19,22). The number of benzene rings is 2. The second-order valence-electron chi connectivity index (χ2n) is 6.25. The van der Waals surface area contributed by atoms with Crippen molar-refractivity contribution in [3.8, 4) is 5.75 Å². The van der Waals surface area contributed by atoms with Crippen LogP contribution in [0.25, 0.3) is 0 Å². The number of nitro groups is 1. The number of amides is 2. The Balaban J connectivity index is 1.80. The quantitative estimate of drug-likeness (QED) is 0.603. The lowest BCUT2D eigenvalue weighted by atomic mass is 9.90. The van der Waals surface area contributed by atoms with Gasteiger partial charge in [-0.25, -0.2) is 4.79 Å². The number of halogens is 1. The van der Waals surface area contributed by atoms with E-state index in [0.717, 1.165) is 4.47 Å². The fourth-order valence-corrected chi connectivity index (χ4v) is 3.94. The molecular weight excluding hydrogens is 390 g/mol. The third-order valence-corrected chi connectivity index (χ3v) is 5.23. The Hall–Kier alpha value is -2.61. The highest BCUT2D eigenvalue weighted by Crippen LogP contribution is 2.47. The largest absolute Gasteiger partial charge is 0.467 e. The molecule has 2 unspecified atom stereocenters. The molecule has 2 atom stereocenters. The molecular formula is C17H14BrN3O4. The maximum atomic E-state index is 12.8. The van der Waals surface area contributed by atoms with Crippen molar-refractivity contribution in [2.75, 3.05) is 4.90 Å². The molecule has 2 bridgehead atoms. The average molecular weight is 404 g/mol. The van der Waals surface area contributed by atoms with Crippen molar-refractivity contribution in [3.63, 3.8) is 0 Å². The predicted molar refractivity (Wildman–Crippen MR) is 94.6 cm³/mol. The van der Waals surface area contributed by atoms with Crippen LogP contribution in [0.2, 0.25) is 0 Å². The number of nitrogens with zero attached hydrogens (tertiary/aromatic N) is 2. The summed E-state index contributed by atoms with van der Waals surface area (Å²) in [6.45, 7) is 1.85. The lowest BCUT2D eigenvalue weighted by Crippen LogP contribution is -2.65. The Morgan fingerprint density at radius 3 is 2.84 bits per heavy atom. The maximum Gasteiger partial charge on any atom is 0.325 e. The van der Waals surface area contributed by atoms with Gasteiger partial charge in [0.2, 0.25) is 0 Å². The van der Waals surface area contributed by atoms with Crippen LogP contribution in [0.4, 0.5) is 16.2 Å². The lowest BCUT2D eigenvalue weighted by Gasteiger charge is -2.50. The van der Waals surface area contributed by atoms with Crippen LogP contribution in [0, 0.1) is 10.1 Å². The zero-order valence-electron chi connectivity index (χ0n) is 13.2. The van der Waals surface area contributed by atoms with Gasteiger partial charge in [0.1, 0.15) is 5.75 Å². The second kappa shape index (κ2) is 5.45. The van der Waals surface area contributed by atoms with Crippen molar-refractivity contribution in [1.82, 2.24) is 5.32 Å². The number of rotatable bonds is 2. The van der Waals surface area contributed by atoms with E-state index in [9.17, 15) is 14.9 Å². The molecule has 0 spiro atoms. The van der Waals surface area contributed by atoms with Crippen molar-refractivity contribution in [2.45, 2.75) is 25.1 Å². The van der Waals surface area contributed by atoms with Gasteiger partial charge >= 0.3 is 6.03 Å². The summed E-state index contributed by atoms with van der Waals surface area (Å²) < 4.78 is 6.92. The number of carbonyl (C=O) groups is 1. The number of nitro benzene ring substituents is 1. The number of fused-ring (bicyclic) bond motifs is 4. The van der Waals surface area contributed by atoms with Crippen molar-refractivity contribution in [1.29, 1.82) is 0 Å². The first kappa shape index (κ1) is 15.9. The lowest BCUT2D eigenvalue weighted by molar-refractivity contribution is -0.385. The van der Waals surface area contributed by atoms with E-state index in [2.05, 4.69) is 21.2 Å². The number of carbonyl (C=O) groups excluding carboxylic acids is 1. The van der Waals surface area contributed by atoms with Crippen molar-refractivity contribution in [2.24, 2.45) is 0 Å². The van der Waals surface area contributed by atoms with E-state index in [-0.39, 0.29) is 17.8 Å². The summed E-state index contributed by atoms with van der Waals surface area (Å²) in [6.07, 6.45) is 0.480. The van der Waals surface area contributed by atoms with E-state index in [1.54, 1.807) is 11.0 Å². The van der Waals surface area contributed by atoms with Crippen LogP contribution in [-0.4, -0.2) is 16.7 Å². The minimum absolute atomic E-state index is 0.0200. The molecule has 7 nitrogen and oxygen atoms in total. The third kappa shape index (κ3) is 2.44. The number of para-hydroxylation sites is 1. The monoisotopic (exact) mass is 403 g/mol. The topological polar surface area (TPSA) is 84.7 Å². The van der Waals surface area contributed by atoms with Gasteiger partial charge < -0.3 is 10.1 Å². The highest BCUT2D eigenvalue weighted by Gasteiger charge is 2.50. The Kier molecular flexibility index (Phi) is 3.47. The Morgan fingerprint density at radius 1 is 1.36 bits per heavy atom. The fraction of sp³-hybridized carbons (Fsp3) is 0.235. The summed E-state index contributed by atoms with van der Waals surface area (Å²) in [5.74, 6) is 0.543. The molecule has 2 aromatic rings. The van der Waals surface area contributed by atoms with E-state index in [0.29, 0.717) is 23.4 Å². The summed E-state index contributed by atoms with van der Waals surface area (Å²) >= 11 is 3.48. The molecule has 0 radical (unpaired) electrons. The second-order valence-corrected chi connectivity index (χ2v) is 7.10. The first-order chi connectivity index (χ1) is 11.9. The highest BCUT2D eigenvalue weighted by atomic mass is 79.9. The van der Waals surface area contributed by atoms with Crippen molar-refractivity contribution >= 4 is 33.3 Å². The van der Waals surface area contributed by atoms with Crippen LogP contribution in [0.5, 0.6) is 5.75 Å². The number of nitrogens with one attached hydrogen (secondary N) is 1. The summed E-state index contributed by atoms with van der Waals surface area (Å²) in [4.78, 5) is 24.9. The molecule has 2 amide bonds. The van der Waals surface area contributed by atoms with Crippen LogP contribution < -0.4 is 15.0 Å². The first-order valence-corrected chi connectivity index (χ1v) is 8.51. The molecule has 1 N–H and O–H groups in total. The van der Waals surface area contributed by atoms with E-state index in [1.807, 2.05) is 31.2 Å². The molecule has 2 aliphatic rings. The average Bonchev–Trinajstić information content (AvgIpc) is 2.55. The normalized spacial score (nSPS) is 24.2. The molecule has 128 valence electrons. The van der Waals surface area contributed by atoms with Crippen LogP contribution in [0.1, 0.15) is 24.9 Å². The zero-order chi connectivity index (χ0) is 17.8. The van der Waals surface area contributed by atoms with Gasteiger partial charge in [-0.15, -0.1) is 0 Å². The Morgan fingerprint density at radius 2 is 2.12 bits per heavy atom. The summed E-state index contributed by atoms with van der Waals surface area (Å²) in [5.41, 5.74) is 0.423. The molecule has 2 heterocycles. The van der Waals surface area contributed by atoms with Gasteiger partial charge in [0.15, 0.2) is 5.72 Å². The molecule has 2 aromatic carbocycles. The molecule has 25 heavy (non-hydrogen) atoms. The molecule has 0 saturated carbocycles. The van der Waals surface area contributed by atoms with Crippen LogP contribution >= 0.6 is 15.9 Å². The number of ether oxygens (including phenoxy) is 1. The molecule has 4 rings (SSSR count). The predicted octanol–water partition coefficient (Wildman–Crippen LogP) is 4.13. The van der Waals surface area contributed by atoms with Gasteiger partial charge in [-0.2, -0.15) is 0 Å². The van der Waals surface area contributed by atoms with Gasteiger partial charge in [0, 0.05) is 28.6 Å². The number of non-ortho nitro benzene ring substituents is 1. The summed E-state index contributed by atoms with van der Waals surface area (Å²) in [7, 11) is 0.